The van der Waals surface area contributed by atoms with Gasteiger partial charge in [0.2, 0.25) is 0 Å². The first-order valence-corrected chi connectivity index (χ1v) is 9.38. The van der Waals surface area contributed by atoms with Gasteiger partial charge in [-0.05, 0) is 70.6 Å². The van der Waals surface area contributed by atoms with E-state index in [4.69, 9.17) is 9.47 Å². The number of rotatable bonds is 4. The van der Waals surface area contributed by atoms with E-state index in [1.807, 2.05) is 0 Å². The van der Waals surface area contributed by atoms with Crippen LogP contribution in [0.5, 0.6) is 0 Å². The third-order valence-corrected chi connectivity index (χ3v) is 6.25. The maximum atomic E-state index is 12.3. The van der Waals surface area contributed by atoms with Crippen LogP contribution in [-0.4, -0.2) is 23.1 Å². The molecule has 0 saturated heterocycles. The molecule has 3 saturated carbocycles. The standard InChI is InChI=1S/C20H30O4/c1-5-20(12-13-11-16(20)15-8-6-7-14(13)15)24-18(22)10-9-17(21)23-19(2,3)4/h9-10,13-16H,5-8,11-12H2,1-4H3/b10-9+. The zero-order chi connectivity index (χ0) is 17.5. The van der Waals surface area contributed by atoms with Gasteiger partial charge in [-0.25, -0.2) is 9.59 Å². The molecule has 0 amide bonds. The zero-order valence-electron chi connectivity index (χ0n) is 15.3. The van der Waals surface area contributed by atoms with E-state index in [2.05, 4.69) is 6.92 Å². The summed E-state index contributed by atoms with van der Waals surface area (Å²) in [5.74, 6) is 1.93. The van der Waals surface area contributed by atoms with Gasteiger partial charge in [-0.3, -0.25) is 0 Å². The molecule has 5 atom stereocenters. The van der Waals surface area contributed by atoms with Crippen LogP contribution in [0.25, 0.3) is 0 Å². The summed E-state index contributed by atoms with van der Waals surface area (Å²) < 4.78 is 11.1. The molecule has 4 nitrogen and oxygen atoms in total. The van der Waals surface area contributed by atoms with E-state index in [0.29, 0.717) is 5.92 Å². The molecule has 2 bridgehead atoms. The molecule has 4 heteroatoms. The monoisotopic (exact) mass is 334 g/mol. The molecule has 3 aliphatic carbocycles. The summed E-state index contributed by atoms with van der Waals surface area (Å²) in [5, 5.41) is 0. The Bertz CT molecular complexity index is 544. The fourth-order valence-electron chi connectivity index (χ4n) is 5.52. The maximum absolute atomic E-state index is 12.3. The lowest BCUT2D eigenvalue weighted by Gasteiger charge is -2.41. The van der Waals surface area contributed by atoms with Crippen molar-refractivity contribution in [3.05, 3.63) is 12.2 Å². The molecule has 24 heavy (non-hydrogen) atoms. The van der Waals surface area contributed by atoms with Gasteiger partial charge in [0.15, 0.2) is 0 Å². The second kappa shape index (κ2) is 6.20. The largest absolute Gasteiger partial charge is 0.457 e. The number of hydrogen-bond donors (Lipinski definition) is 0. The first-order valence-electron chi connectivity index (χ1n) is 9.38. The summed E-state index contributed by atoms with van der Waals surface area (Å²) >= 11 is 0. The molecule has 3 fully saturated rings. The summed E-state index contributed by atoms with van der Waals surface area (Å²) in [6.07, 6.45) is 9.47. The zero-order valence-corrected chi connectivity index (χ0v) is 15.3. The van der Waals surface area contributed by atoms with Crippen molar-refractivity contribution in [2.75, 3.05) is 0 Å². The Kier molecular flexibility index (Phi) is 4.52. The summed E-state index contributed by atoms with van der Waals surface area (Å²) in [6.45, 7) is 7.53. The SMILES string of the molecule is CCC1(OC(=O)/C=C/C(=O)OC(C)(C)C)CC2CC1C1CCCC21. The van der Waals surface area contributed by atoms with Crippen molar-refractivity contribution in [1.29, 1.82) is 0 Å². The molecule has 134 valence electrons. The Hall–Kier alpha value is -1.32. The van der Waals surface area contributed by atoms with Crippen molar-refractivity contribution in [1.82, 2.24) is 0 Å². The predicted molar refractivity (Wildman–Crippen MR) is 91.1 cm³/mol. The fourth-order valence-corrected chi connectivity index (χ4v) is 5.52. The van der Waals surface area contributed by atoms with Crippen molar-refractivity contribution in [3.63, 3.8) is 0 Å². The number of carbonyl (C=O) groups is 2. The molecular formula is C20H30O4. The summed E-state index contributed by atoms with van der Waals surface area (Å²) in [6, 6.07) is 0. The summed E-state index contributed by atoms with van der Waals surface area (Å²) in [4.78, 5) is 24.0. The van der Waals surface area contributed by atoms with Gasteiger partial charge in [0.1, 0.15) is 11.2 Å². The highest BCUT2D eigenvalue weighted by Crippen LogP contribution is 2.64. The van der Waals surface area contributed by atoms with Gasteiger partial charge in [0.25, 0.3) is 0 Å². The van der Waals surface area contributed by atoms with E-state index >= 15 is 0 Å². The first-order chi connectivity index (χ1) is 11.2. The fraction of sp³-hybridized carbons (Fsp3) is 0.800. The molecule has 0 radical (unpaired) electrons. The van der Waals surface area contributed by atoms with Crippen LogP contribution < -0.4 is 0 Å². The van der Waals surface area contributed by atoms with E-state index in [9.17, 15) is 9.59 Å². The van der Waals surface area contributed by atoms with Crippen LogP contribution in [0.4, 0.5) is 0 Å². The van der Waals surface area contributed by atoms with Gasteiger partial charge in [-0.15, -0.1) is 0 Å². The van der Waals surface area contributed by atoms with Crippen molar-refractivity contribution < 1.29 is 19.1 Å². The number of ether oxygens (including phenoxy) is 2. The molecule has 3 aliphatic rings. The van der Waals surface area contributed by atoms with Crippen LogP contribution in [-0.2, 0) is 19.1 Å². The molecular weight excluding hydrogens is 304 g/mol. The Morgan fingerprint density at radius 1 is 1.12 bits per heavy atom. The van der Waals surface area contributed by atoms with Crippen molar-refractivity contribution in [2.45, 2.75) is 77.4 Å². The van der Waals surface area contributed by atoms with Crippen molar-refractivity contribution in [3.8, 4) is 0 Å². The topological polar surface area (TPSA) is 52.6 Å². The Morgan fingerprint density at radius 2 is 1.79 bits per heavy atom. The molecule has 5 unspecified atom stereocenters. The van der Waals surface area contributed by atoms with Gasteiger partial charge >= 0.3 is 11.9 Å². The lowest BCUT2D eigenvalue weighted by Crippen LogP contribution is -2.44. The van der Waals surface area contributed by atoms with Gasteiger partial charge in [0, 0.05) is 18.1 Å². The molecule has 0 aliphatic heterocycles. The van der Waals surface area contributed by atoms with E-state index in [1.54, 1.807) is 20.8 Å². The maximum Gasteiger partial charge on any atom is 0.331 e. The van der Waals surface area contributed by atoms with E-state index in [1.165, 1.54) is 37.8 Å². The second-order valence-corrected chi connectivity index (χ2v) is 8.77. The smallest absolute Gasteiger partial charge is 0.331 e. The normalized spacial score (nSPS) is 37.7. The van der Waals surface area contributed by atoms with E-state index < -0.39 is 17.5 Å². The second-order valence-electron chi connectivity index (χ2n) is 8.77. The minimum absolute atomic E-state index is 0.314. The summed E-state index contributed by atoms with van der Waals surface area (Å²) in [7, 11) is 0. The molecule has 0 spiro atoms. The molecule has 0 aromatic carbocycles. The number of esters is 2. The van der Waals surface area contributed by atoms with Crippen LogP contribution in [0.15, 0.2) is 12.2 Å². The van der Waals surface area contributed by atoms with E-state index in [0.717, 1.165) is 30.6 Å². The lowest BCUT2D eigenvalue weighted by molar-refractivity contribution is -0.164. The van der Waals surface area contributed by atoms with Crippen LogP contribution in [0, 0.1) is 23.7 Å². The van der Waals surface area contributed by atoms with Crippen LogP contribution in [0.2, 0.25) is 0 Å². The highest BCUT2D eigenvalue weighted by atomic mass is 16.6. The Balaban J connectivity index is 1.62. The highest BCUT2D eigenvalue weighted by molar-refractivity contribution is 5.92. The molecule has 0 aromatic rings. The van der Waals surface area contributed by atoms with Crippen LogP contribution >= 0.6 is 0 Å². The molecule has 0 aromatic heterocycles. The van der Waals surface area contributed by atoms with E-state index in [-0.39, 0.29) is 5.60 Å². The quantitative estimate of drug-likeness (QED) is 0.575. The number of fused-ring (bicyclic) bond motifs is 5. The average Bonchev–Trinajstić information content (AvgIpc) is 3.14. The molecule has 3 rings (SSSR count). The van der Waals surface area contributed by atoms with Crippen LogP contribution in [0.3, 0.4) is 0 Å². The average molecular weight is 334 g/mol. The van der Waals surface area contributed by atoms with Gasteiger partial charge in [-0.1, -0.05) is 13.3 Å². The Morgan fingerprint density at radius 3 is 2.46 bits per heavy atom. The third-order valence-electron chi connectivity index (χ3n) is 6.25. The minimum Gasteiger partial charge on any atom is -0.457 e. The number of carbonyl (C=O) groups excluding carboxylic acids is 2. The highest BCUT2D eigenvalue weighted by Gasteiger charge is 2.61. The Labute approximate surface area is 145 Å². The first kappa shape index (κ1) is 17.5. The van der Waals surface area contributed by atoms with Gasteiger partial charge < -0.3 is 9.47 Å². The van der Waals surface area contributed by atoms with Gasteiger partial charge in [0.05, 0.1) is 0 Å². The minimum atomic E-state index is -0.557. The molecule has 0 N–H and O–H groups in total. The number of hydrogen-bond acceptors (Lipinski definition) is 4. The van der Waals surface area contributed by atoms with Crippen molar-refractivity contribution in [2.24, 2.45) is 23.7 Å². The van der Waals surface area contributed by atoms with Crippen molar-refractivity contribution >= 4 is 11.9 Å². The third kappa shape index (κ3) is 3.25. The van der Waals surface area contributed by atoms with Crippen LogP contribution in [0.1, 0.15) is 66.2 Å². The van der Waals surface area contributed by atoms with Gasteiger partial charge in [-0.2, -0.15) is 0 Å². The predicted octanol–water partition coefficient (Wildman–Crippen LogP) is 4.03. The molecule has 0 heterocycles. The summed E-state index contributed by atoms with van der Waals surface area (Å²) in [5.41, 5.74) is -0.871. The lowest BCUT2D eigenvalue weighted by atomic mass is 9.71.